The molecule has 0 radical (unpaired) electrons. The first-order chi connectivity index (χ1) is 8.76. The second-order valence-electron chi connectivity index (χ2n) is 4.00. The second-order valence-corrected chi connectivity index (χ2v) is 4.00. The maximum absolute atomic E-state index is 4.45. The third-order valence-electron chi connectivity index (χ3n) is 2.54. The van der Waals surface area contributed by atoms with Crippen molar-refractivity contribution in [2.75, 3.05) is 23.7 Å². The summed E-state index contributed by atoms with van der Waals surface area (Å²) in [6.45, 7) is 7.30. The minimum atomic E-state index is 0.588. The molecule has 0 bridgehead atoms. The van der Waals surface area contributed by atoms with Gasteiger partial charge in [-0.25, -0.2) is 0 Å². The van der Waals surface area contributed by atoms with Crippen molar-refractivity contribution in [1.29, 1.82) is 0 Å². The Morgan fingerprint density at radius 2 is 2.22 bits per heavy atom. The predicted molar refractivity (Wildman–Crippen MR) is 73.8 cm³/mol. The first kappa shape index (κ1) is 12.3. The van der Waals surface area contributed by atoms with E-state index in [-0.39, 0.29) is 0 Å². The smallest absolute Gasteiger partial charge is 0.226 e. The van der Waals surface area contributed by atoms with Gasteiger partial charge in [0.05, 0.1) is 11.6 Å². The van der Waals surface area contributed by atoms with Gasteiger partial charge < -0.3 is 10.6 Å². The van der Waals surface area contributed by atoms with E-state index in [2.05, 4.69) is 39.2 Å². The third-order valence-corrected chi connectivity index (χ3v) is 2.54. The van der Waals surface area contributed by atoms with E-state index >= 15 is 0 Å². The van der Waals surface area contributed by atoms with E-state index in [1.807, 2.05) is 7.05 Å². The van der Waals surface area contributed by atoms with Gasteiger partial charge in [-0.3, -0.25) is 4.68 Å². The summed E-state index contributed by atoms with van der Waals surface area (Å²) < 4.78 is 1.74. The number of aromatic nitrogens is 4. The van der Waals surface area contributed by atoms with E-state index in [4.69, 9.17) is 0 Å². The number of aryl methyl sites for hydroxylation is 1. The third kappa shape index (κ3) is 2.42. The topological polar surface area (TPSA) is 67.7 Å². The van der Waals surface area contributed by atoms with Crippen LogP contribution in [-0.2, 0) is 7.05 Å². The molecule has 2 aromatic rings. The lowest BCUT2D eigenvalue weighted by Gasteiger charge is -2.08. The van der Waals surface area contributed by atoms with Crippen LogP contribution in [0.25, 0.3) is 11.0 Å². The molecule has 0 aliphatic rings. The van der Waals surface area contributed by atoms with Gasteiger partial charge in [-0.05, 0) is 6.42 Å². The summed E-state index contributed by atoms with van der Waals surface area (Å²) in [6.07, 6.45) is 4.60. The fraction of sp³-hybridized carbons (Fsp3) is 0.417. The SMILES string of the molecule is C=CCNc1nc(NCCC)c2cnn(C)c2n1. The van der Waals surface area contributed by atoms with E-state index in [0.717, 1.165) is 29.8 Å². The molecule has 0 aliphatic heterocycles. The summed E-state index contributed by atoms with van der Waals surface area (Å²) in [5, 5.41) is 11.5. The molecule has 0 saturated carbocycles. The van der Waals surface area contributed by atoms with E-state index in [1.54, 1.807) is 17.0 Å². The van der Waals surface area contributed by atoms with Gasteiger partial charge >= 0.3 is 0 Å². The van der Waals surface area contributed by atoms with E-state index < -0.39 is 0 Å². The van der Waals surface area contributed by atoms with Gasteiger partial charge in [0.1, 0.15) is 5.82 Å². The van der Waals surface area contributed by atoms with Crippen molar-refractivity contribution in [2.24, 2.45) is 7.05 Å². The summed E-state index contributed by atoms with van der Waals surface area (Å²) in [5.74, 6) is 1.41. The van der Waals surface area contributed by atoms with Crippen LogP contribution in [0, 0.1) is 0 Å². The molecule has 0 atom stereocenters. The number of nitrogens with zero attached hydrogens (tertiary/aromatic N) is 4. The molecule has 18 heavy (non-hydrogen) atoms. The maximum atomic E-state index is 4.45. The predicted octanol–water partition coefficient (Wildman–Crippen LogP) is 1.78. The average molecular weight is 246 g/mol. The molecule has 2 aromatic heterocycles. The second kappa shape index (κ2) is 5.48. The Labute approximate surface area is 106 Å². The van der Waals surface area contributed by atoms with Crippen molar-refractivity contribution in [3.05, 3.63) is 18.9 Å². The van der Waals surface area contributed by atoms with Crippen LogP contribution in [-0.4, -0.2) is 32.8 Å². The van der Waals surface area contributed by atoms with Crippen LogP contribution in [0.4, 0.5) is 11.8 Å². The van der Waals surface area contributed by atoms with Crippen molar-refractivity contribution < 1.29 is 0 Å². The zero-order valence-electron chi connectivity index (χ0n) is 10.8. The molecular weight excluding hydrogens is 228 g/mol. The maximum Gasteiger partial charge on any atom is 0.226 e. The minimum absolute atomic E-state index is 0.588. The zero-order chi connectivity index (χ0) is 13.0. The fourth-order valence-electron chi connectivity index (χ4n) is 1.64. The molecule has 6 heteroatoms. The largest absolute Gasteiger partial charge is 0.369 e. The number of anilines is 2. The number of rotatable bonds is 6. The Morgan fingerprint density at radius 3 is 2.94 bits per heavy atom. The highest BCUT2D eigenvalue weighted by Gasteiger charge is 2.10. The van der Waals surface area contributed by atoms with Gasteiger partial charge in [0.15, 0.2) is 5.65 Å². The van der Waals surface area contributed by atoms with Gasteiger partial charge in [-0.2, -0.15) is 15.1 Å². The Morgan fingerprint density at radius 1 is 1.39 bits per heavy atom. The molecular formula is C12H18N6. The van der Waals surface area contributed by atoms with Crippen molar-refractivity contribution >= 4 is 22.8 Å². The zero-order valence-corrected chi connectivity index (χ0v) is 10.8. The minimum Gasteiger partial charge on any atom is -0.369 e. The van der Waals surface area contributed by atoms with Crippen LogP contribution in [0.5, 0.6) is 0 Å². The normalized spacial score (nSPS) is 10.6. The van der Waals surface area contributed by atoms with Gasteiger partial charge in [-0.15, -0.1) is 6.58 Å². The van der Waals surface area contributed by atoms with Gasteiger partial charge in [0.2, 0.25) is 5.95 Å². The number of hydrogen-bond acceptors (Lipinski definition) is 5. The lowest BCUT2D eigenvalue weighted by Crippen LogP contribution is -2.08. The highest BCUT2D eigenvalue weighted by molar-refractivity contribution is 5.87. The van der Waals surface area contributed by atoms with Crippen LogP contribution >= 0.6 is 0 Å². The quantitative estimate of drug-likeness (QED) is 0.760. The molecule has 2 heterocycles. The first-order valence-electron chi connectivity index (χ1n) is 6.04. The first-order valence-corrected chi connectivity index (χ1v) is 6.04. The number of nitrogens with one attached hydrogen (secondary N) is 2. The van der Waals surface area contributed by atoms with Crippen LogP contribution in [0.15, 0.2) is 18.9 Å². The van der Waals surface area contributed by atoms with Gasteiger partial charge in [0, 0.05) is 20.1 Å². The number of fused-ring (bicyclic) bond motifs is 1. The van der Waals surface area contributed by atoms with Crippen molar-refractivity contribution in [3.8, 4) is 0 Å². The molecule has 2 N–H and O–H groups in total. The molecule has 0 spiro atoms. The van der Waals surface area contributed by atoms with Crippen LogP contribution in [0.3, 0.4) is 0 Å². The standard InChI is InChI=1S/C12H18N6/c1-4-6-13-10-9-8-15-18(3)11(9)17-12(16-10)14-7-5-2/h5,8H,2,4,6-7H2,1,3H3,(H2,13,14,16,17). The summed E-state index contributed by atoms with van der Waals surface area (Å²) >= 11 is 0. The molecule has 0 fully saturated rings. The summed E-state index contributed by atoms with van der Waals surface area (Å²) in [7, 11) is 1.87. The molecule has 6 nitrogen and oxygen atoms in total. The van der Waals surface area contributed by atoms with E-state index in [9.17, 15) is 0 Å². The molecule has 0 aliphatic carbocycles. The monoisotopic (exact) mass is 246 g/mol. The van der Waals surface area contributed by atoms with Crippen LogP contribution in [0.1, 0.15) is 13.3 Å². The van der Waals surface area contributed by atoms with E-state index in [0.29, 0.717) is 12.5 Å². The van der Waals surface area contributed by atoms with Crippen molar-refractivity contribution in [2.45, 2.75) is 13.3 Å². The molecule has 0 amide bonds. The summed E-state index contributed by atoms with van der Waals surface area (Å²) in [4.78, 5) is 8.89. The van der Waals surface area contributed by atoms with Gasteiger partial charge in [-0.1, -0.05) is 13.0 Å². The molecule has 0 saturated heterocycles. The van der Waals surface area contributed by atoms with Crippen molar-refractivity contribution in [3.63, 3.8) is 0 Å². The lowest BCUT2D eigenvalue weighted by molar-refractivity contribution is 0.785. The summed E-state index contributed by atoms with van der Waals surface area (Å²) in [5.41, 5.74) is 0.815. The van der Waals surface area contributed by atoms with E-state index in [1.165, 1.54) is 0 Å². The Balaban J connectivity index is 2.41. The highest BCUT2D eigenvalue weighted by atomic mass is 15.3. The molecule has 0 unspecified atom stereocenters. The average Bonchev–Trinajstić information content (AvgIpc) is 2.75. The summed E-state index contributed by atoms with van der Waals surface area (Å²) in [6, 6.07) is 0. The Bertz CT molecular complexity index is 545. The molecule has 96 valence electrons. The Kier molecular flexibility index (Phi) is 3.76. The van der Waals surface area contributed by atoms with Crippen LogP contribution in [0.2, 0.25) is 0 Å². The molecule has 2 rings (SSSR count). The molecule has 0 aromatic carbocycles. The highest BCUT2D eigenvalue weighted by Crippen LogP contribution is 2.21. The van der Waals surface area contributed by atoms with Crippen LogP contribution < -0.4 is 10.6 Å². The van der Waals surface area contributed by atoms with Crippen molar-refractivity contribution in [1.82, 2.24) is 19.7 Å². The van der Waals surface area contributed by atoms with Gasteiger partial charge in [0.25, 0.3) is 0 Å². The fourth-order valence-corrected chi connectivity index (χ4v) is 1.64. The lowest BCUT2D eigenvalue weighted by atomic mass is 10.3. The number of hydrogen-bond donors (Lipinski definition) is 2. The Hall–Kier alpha value is -2.11.